The van der Waals surface area contributed by atoms with Crippen LogP contribution in [0, 0.1) is 0 Å². The van der Waals surface area contributed by atoms with Gasteiger partial charge in [0.2, 0.25) is 0 Å². The van der Waals surface area contributed by atoms with Crippen LogP contribution in [-0.2, 0) is 5.41 Å². The van der Waals surface area contributed by atoms with Crippen molar-refractivity contribution in [1.29, 1.82) is 0 Å². The Kier molecular flexibility index (Phi) is 6.74. The first-order valence-corrected chi connectivity index (χ1v) is 18.4. The van der Waals surface area contributed by atoms with Crippen molar-refractivity contribution < 1.29 is 0 Å². The first-order chi connectivity index (χ1) is 25.1. The van der Waals surface area contributed by atoms with Gasteiger partial charge in [-0.1, -0.05) is 123 Å². The van der Waals surface area contributed by atoms with Crippen molar-refractivity contribution in [3.05, 3.63) is 181 Å². The summed E-state index contributed by atoms with van der Waals surface area (Å²) in [4.78, 5) is 7.21. The number of anilines is 3. The molecule has 0 unspecified atom stereocenters. The van der Waals surface area contributed by atoms with E-state index in [1.807, 2.05) is 23.6 Å². The van der Waals surface area contributed by atoms with Gasteiger partial charge in [-0.2, -0.15) is 0 Å². The van der Waals surface area contributed by atoms with E-state index in [1.54, 1.807) is 0 Å². The van der Waals surface area contributed by atoms with Crippen molar-refractivity contribution in [2.24, 2.45) is 0 Å². The Bertz CT molecular complexity index is 2780. The summed E-state index contributed by atoms with van der Waals surface area (Å²) in [6.45, 7) is 4.76. The first kappa shape index (κ1) is 29.8. The van der Waals surface area contributed by atoms with Crippen LogP contribution < -0.4 is 4.90 Å². The Morgan fingerprint density at radius 1 is 0.510 bits per heavy atom. The predicted molar refractivity (Wildman–Crippen MR) is 218 cm³/mol. The summed E-state index contributed by atoms with van der Waals surface area (Å²) in [5.41, 5.74) is 13.1. The average Bonchev–Trinajstić information content (AvgIpc) is 3.68. The Morgan fingerprint density at radius 2 is 1.24 bits per heavy atom. The second-order valence-corrected chi connectivity index (χ2v) is 15.0. The number of thiophene rings is 1. The highest BCUT2D eigenvalue weighted by Gasteiger charge is 2.38. The molecule has 0 fully saturated rings. The van der Waals surface area contributed by atoms with Crippen LogP contribution in [0.25, 0.3) is 64.5 Å². The summed E-state index contributed by atoms with van der Waals surface area (Å²) < 4.78 is 2.59. The minimum absolute atomic E-state index is 0.229. The Labute approximate surface area is 301 Å². The fraction of sp³-hybridized carbons (Fsp3) is 0.0625. The van der Waals surface area contributed by atoms with Gasteiger partial charge in [0.1, 0.15) is 0 Å². The van der Waals surface area contributed by atoms with E-state index in [0.29, 0.717) is 0 Å². The lowest BCUT2D eigenvalue weighted by Crippen LogP contribution is -2.17. The molecule has 2 nitrogen and oxygen atoms in total. The lowest BCUT2D eigenvalue weighted by molar-refractivity contribution is 0.661. The minimum Gasteiger partial charge on any atom is -0.309 e. The van der Waals surface area contributed by atoms with Crippen LogP contribution >= 0.6 is 11.3 Å². The fourth-order valence-electron chi connectivity index (χ4n) is 8.25. The molecule has 242 valence electrons. The number of hydrogen-bond donors (Lipinski definition) is 0. The molecule has 0 N–H and O–H groups in total. The largest absolute Gasteiger partial charge is 0.309 e. The van der Waals surface area contributed by atoms with Crippen LogP contribution in [0.4, 0.5) is 17.1 Å². The molecule has 2 aromatic heterocycles. The van der Waals surface area contributed by atoms with E-state index in [-0.39, 0.29) is 5.41 Å². The SMILES string of the molecule is CC1(C)c2cc(-c3ccccn3)ccc2-c2c1cc(N(c1cccc(-c3ccccc3)c1)c1cccc3sc4ccccc4c13)c1ccccc21. The molecule has 0 atom stereocenters. The van der Waals surface area contributed by atoms with Gasteiger partial charge in [-0.15, -0.1) is 11.3 Å². The zero-order chi connectivity index (χ0) is 34.1. The van der Waals surface area contributed by atoms with Crippen molar-refractivity contribution in [2.45, 2.75) is 19.3 Å². The second-order valence-electron chi connectivity index (χ2n) is 14.0. The van der Waals surface area contributed by atoms with Crippen LogP contribution in [0.15, 0.2) is 170 Å². The summed E-state index contributed by atoms with van der Waals surface area (Å²) in [6.07, 6.45) is 1.88. The van der Waals surface area contributed by atoms with Crippen LogP contribution in [0.3, 0.4) is 0 Å². The van der Waals surface area contributed by atoms with Crippen LogP contribution in [0.5, 0.6) is 0 Å². The molecule has 0 bridgehead atoms. The molecular weight excluding hydrogens is 637 g/mol. The number of fused-ring (bicyclic) bond motifs is 8. The quantitative estimate of drug-likeness (QED) is 0.181. The fourth-order valence-corrected chi connectivity index (χ4v) is 9.37. The van der Waals surface area contributed by atoms with Gasteiger partial charge in [-0.3, -0.25) is 4.98 Å². The normalized spacial score (nSPS) is 13.1. The van der Waals surface area contributed by atoms with Gasteiger partial charge in [-0.25, -0.2) is 0 Å². The maximum absolute atomic E-state index is 4.69. The number of pyridine rings is 1. The molecule has 0 aliphatic heterocycles. The summed E-state index contributed by atoms with van der Waals surface area (Å²) in [5.74, 6) is 0. The van der Waals surface area contributed by atoms with E-state index in [0.717, 1.165) is 16.9 Å². The highest BCUT2D eigenvalue weighted by atomic mass is 32.1. The Balaban J connectivity index is 1.27. The molecule has 0 spiro atoms. The average molecular weight is 671 g/mol. The van der Waals surface area contributed by atoms with Gasteiger partial charge in [0.05, 0.1) is 17.1 Å². The van der Waals surface area contributed by atoms with Crippen LogP contribution in [0.2, 0.25) is 0 Å². The zero-order valence-corrected chi connectivity index (χ0v) is 29.3. The Hall–Kier alpha value is -6.03. The molecule has 0 saturated carbocycles. The number of benzene rings is 7. The molecule has 0 amide bonds. The number of aromatic nitrogens is 1. The number of rotatable bonds is 5. The smallest absolute Gasteiger partial charge is 0.0702 e. The van der Waals surface area contributed by atoms with E-state index in [9.17, 15) is 0 Å². The van der Waals surface area contributed by atoms with E-state index in [1.165, 1.54) is 75.7 Å². The van der Waals surface area contributed by atoms with Gasteiger partial charge >= 0.3 is 0 Å². The molecular formula is C48H34N2S. The monoisotopic (exact) mass is 670 g/mol. The third-order valence-corrected chi connectivity index (χ3v) is 11.8. The van der Waals surface area contributed by atoms with Crippen molar-refractivity contribution in [3.63, 3.8) is 0 Å². The van der Waals surface area contributed by atoms with Gasteiger partial charge in [-0.05, 0) is 93.4 Å². The lowest BCUT2D eigenvalue weighted by Gasteiger charge is -2.30. The highest BCUT2D eigenvalue weighted by Crippen LogP contribution is 2.56. The third kappa shape index (κ3) is 4.66. The molecule has 0 radical (unpaired) electrons. The molecule has 0 saturated heterocycles. The van der Waals surface area contributed by atoms with Crippen LogP contribution in [0.1, 0.15) is 25.0 Å². The minimum atomic E-state index is -0.229. The van der Waals surface area contributed by atoms with Gasteiger partial charge in [0.15, 0.2) is 0 Å². The maximum Gasteiger partial charge on any atom is 0.0702 e. The zero-order valence-electron chi connectivity index (χ0n) is 28.5. The number of nitrogens with zero attached hydrogens (tertiary/aromatic N) is 2. The van der Waals surface area contributed by atoms with Gasteiger partial charge < -0.3 is 4.90 Å². The summed E-state index contributed by atoms with van der Waals surface area (Å²) in [7, 11) is 0. The standard InChI is InChI=1S/C48H34N2S/c1-48(2)39-29-33(41-21-10-11-27-49-41)25-26-37(39)46-36-19-7-6-18-35(36)43(30-40(46)48)50(34-17-12-16-32(28-34)31-14-4-3-5-15-31)42-22-13-24-45-47(42)38-20-8-9-23-44(38)51-45/h3-30H,1-2H3. The molecule has 10 rings (SSSR count). The molecule has 2 heterocycles. The second kappa shape index (κ2) is 11.5. The van der Waals surface area contributed by atoms with E-state index in [4.69, 9.17) is 4.98 Å². The highest BCUT2D eigenvalue weighted by molar-refractivity contribution is 7.26. The van der Waals surface area contributed by atoms with Crippen LogP contribution in [-0.4, -0.2) is 4.98 Å². The summed E-state index contributed by atoms with van der Waals surface area (Å²) >= 11 is 1.87. The van der Waals surface area contributed by atoms with E-state index >= 15 is 0 Å². The molecule has 7 aromatic carbocycles. The van der Waals surface area contributed by atoms with E-state index in [2.05, 4.69) is 176 Å². The van der Waals surface area contributed by atoms with Crippen molar-refractivity contribution in [3.8, 4) is 33.5 Å². The first-order valence-electron chi connectivity index (χ1n) is 17.5. The van der Waals surface area contributed by atoms with Crippen molar-refractivity contribution >= 4 is 59.3 Å². The molecule has 51 heavy (non-hydrogen) atoms. The van der Waals surface area contributed by atoms with Crippen molar-refractivity contribution in [1.82, 2.24) is 4.98 Å². The predicted octanol–water partition coefficient (Wildman–Crippen LogP) is 13.7. The van der Waals surface area contributed by atoms with Crippen molar-refractivity contribution in [2.75, 3.05) is 4.90 Å². The maximum atomic E-state index is 4.69. The number of hydrogen-bond acceptors (Lipinski definition) is 3. The van der Waals surface area contributed by atoms with Gasteiger partial charge in [0, 0.05) is 48.4 Å². The molecule has 3 heteroatoms. The molecule has 9 aromatic rings. The molecule has 1 aliphatic rings. The molecule has 1 aliphatic carbocycles. The van der Waals surface area contributed by atoms with Gasteiger partial charge in [0.25, 0.3) is 0 Å². The summed E-state index contributed by atoms with van der Waals surface area (Å²) in [5, 5.41) is 5.08. The lowest BCUT2D eigenvalue weighted by atomic mass is 9.81. The summed E-state index contributed by atoms with van der Waals surface area (Å²) in [6, 6.07) is 59.9. The Morgan fingerprint density at radius 3 is 2.08 bits per heavy atom. The van der Waals surface area contributed by atoms with E-state index < -0.39 is 0 Å². The topological polar surface area (TPSA) is 16.1 Å². The third-order valence-electron chi connectivity index (χ3n) is 10.7.